The average Bonchev–Trinajstić information content (AvgIpc) is 2.99. The zero-order chi connectivity index (χ0) is 36.4. The number of rotatable bonds is 17. The Kier molecular flexibility index (Phi) is 17.0. The minimum absolute atomic E-state index is 0.0582. The van der Waals surface area contributed by atoms with E-state index in [0.717, 1.165) is 0 Å². The number of nitrogens with zero attached hydrogens (tertiary/aromatic N) is 1. The highest BCUT2D eigenvalue weighted by molar-refractivity contribution is 5.94. The van der Waals surface area contributed by atoms with Crippen LogP contribution >= 0.6 is 0 Å². The van der Waals surface area contributed by atoms with Crippen molar-refractivity contribution in [1.29, 1.82) is 0 Å². The summed E-state index contributed by atoms with van der Waals surface area (Å²) in [6.45, 7) is 9.26. The van der Waals surface area contributed by atoms with Crippen molar-refractivity contribution in [3.05, 3.63) is 39.9 Å². The van der Waals surface area contributed by atoms with E-state index in [9.17, 15) is 43.7 Å². The summed E-state index contributed by atoms with van der Waals surface area (Å²) in [4.78, 5) is 98.5. The van der Waals surface area contributed by atoms with Crippen molar-refractivity contribution in [3.63, 3.8) is 0 Å². The molecule has 0 aliphatic carbocycles. The predicted molar refractivity (Wildman–Crippen MR) is 168 cm³/mol. The first-order chi connectivity index (χ1) is 22.4. The summed E-state index contributed by atoms with van der Waals surface area (Å²) in [6.07, 6.45) is -2.31. The molecule has 0 heterocycles. The molecule has 266 valence electrons. The molecular weight excluding hydrogens is 636 g/mol. The Bertz CT molecular complexity index is 1310. The second-order valence-electron chi connectivity index (χ2n) is 11.3. The third kappa shape index (κ3) is 16.3. The van der Waals surface area contributed by atoms with E-state index in [1.807, 2.05) is 0 Å². The van der Waals surface area contributed by atoms with Gasteiger partial charge in [-0.1, -0.05) is 12.1 Å². The molecule has 0 unspecified atom stereocenters. The lowest BCUT2D eigenvalue weighted by atomic mass is 10.0. The molecule has 0 fully saturated rings. The standard InChI is InChI=1S/C30H44N6O12/c1-7-46-24(38)15-13-21(32-27(41)23(31-18(3)37)17-19-9-11-20(12-10-19)36(44)45)26(40)33-22(14-16-25(39)47-8-2)28(42)34-35-29(43)48-30(4,5)6/h9-12,21-23H,7-8,13-17H2,1-6H3,(H,31,37)(H,32,41)(H,33,40)(H,34,42)(H,35,43)/t21-,22-,23-/m1/s1. The quantitative estimate of drug-likeness (QED) is 0.0665. The van der Waals surface area contributed by atoms with Crippen LogP contribution in [0, 0.1) is 10.1 Å². The van der Waals surface area contributed by atoms with Crippen LogP contribution in [0.25, 0.3) is 0 Å². The van der Waals surface area contributed by atoms with Crippen LogP contribution < -0.4 is 26.8 Å². The molecule has 0 aromatic heterocycles. The number of carbonyl (C=O) groups is 7. The molecule has 18 heteroatoms. The van der Waals surface area contributed by atoms with Crippen LogP contribution in [-0.2, 0) is 49.4 Å². The summed E-state index contributed by atoms with van der Waals surface area (Å²) in [7, 11) is 0. The largest absolute Gasteiger partial charge is 0.466 e. The van der Waals surface area contributed by atoms with Crippen LogP contribution in [-0.4, -0.2) is 83.5 Å². The topological polar surface area (TPSA) is 250 Å². The fourth-order valence-electron chi connectivity index (χ4n) is 4.02. The third-order valence-corrected chi connectivity index (χ3v) is 6.12. The number of hydrogen-bond donors (Lipinski definition) is 5. The van der Waals surface area contributed by atoms with E-state index < -0.39 is 70.3 Å². The maximum absolute atomic E-state index is 13.5. The molecule has 0 saturated carbocycles. The van der Waals surface area contributed by atoms with Gasteiger partial charge in [0.1, 0.15) is 23.7 Å². The second kappa shape index (κ2) is 20.1. The van der Waals surface area contributed by atoms with Gasteiger partial charge < -0.3 is 30.2 Å². The van der Waals surface area contributed by atoms with Crippen molar-refractivity contribution in [2.45, 2.75) is 97.4 Å². The molecule has 0 aliphatic rings. The van der Waals surface area contributed by atoms with Crippen molar-refractivity contribution in [3.8, 4) is 0 Å². The van der Waals surface area contributed by atoms with Crippen molar-refractivity contribution < 1.29 is 52.7 Å². The SMILES string of the molecule is CCOC(=O)CC[C@@H](NC(=O)[C@@H](CCC(=O)OCC)NC(=O)[C@@H](Cc1ccc([N+](=O)[O-])cc1)NC(C)=O)C(=O)NNC(=O)OC(C)(C)C. The van der Waals surface area contributed by atoms with Gasteiger partial charge in [-0.05, 0) is 53.0 Å². The molecule has 0 bridgehead atoms. The molecule has 3 atom stereocenters. The summed E-state index contributed by atoms with van der Waals surface area (Å²) in [5.74, 6) is -4.65. The number of nitrogens with one attached hydrogen (secondary N) is 5. The lowest BCUT2D eigenvalue weighted by Crippen LogP contribution is -2.58. The van der Waals surface area contributed by atoms with Gasteiger partial charge in [0.15, 0.2) is 0 Å². The van der Waals surface area contributed by atoms with E-state index in [-0.39, 0.29) is 51.0 Å². The van der Waals surface area contributed by atoms with Gasteiger partial charge >= 0.3 is 18.0 Å². The van der Waals surface area contributed by atoms with E-state index in [0.29, 0.717) is 5.56 Å². The number of esters is 2. The van der Waals surface area contributed by atoms with Crippen molar-refractivity contribution in [1.82, 2.24) is 26.8 Å². The van der Waals surface area contributed by atoms with E-state index in [4.69, 9.17) is 14.2 Å². The van der Waals surface area contributed by atoms with Crippen molar-refractivity contribution in [2.75, 3.05) is 13.2 Å². The first-order valence-electron chi connectivity index (χ1n) is 15.2. The maximum atomic E-state index is 13.5. The number of ether oxygens (including phenoxy) is 3. The van der Waals surface area contributed by atoms with E-state index in [1.165, 1.54) is 31.2 Å². The molecule has 5 N–H and O–H groups in total. The Morgan fingerprint density at radius 1 is 0.750 bits per heavy atom. The van der Waals surface area contributed by atoms with Crippen LogP contribution in [0.15, 0.2) is 24.3 Å². The Balaban J connectivity index is 3.25. The van der Waals surface area contributed by atoms with Gasteiger partial charge in [-0.25, -0.2) is 10.2 Å². The molecule has 1 aromatic carbocycles. The molecule has 0 aliphatic heterocycles. The number of carbonyl (C=O) groups excluding carboxylic acids is 7. The maximum Gasteiger partial charge on any atom is 0.426 e. The number of hydrazine groups is 1. The monoisotopic (exact) mass is 680 g/mol. The zero-order valence-electron chi connectivity index (χ0n) is 27.8. The van der Waals surface area contributed by atoms with Gasteiger partial charge in [-0.3, -0.25) is 44.3 Å². The number of nitro groups is 1. The molecule has 1 rings (SSSR count). The van der Waals surface area contributed by atoms with Gasteiger partial charge in [0, 0.05) is 38.3 Å². The molecule has 1 aromatic rings. The summed E-state index contributed by atoms with van der Waals surface area (Å²) >= 11 is 0. The fourth-order valence-corrected chi connectivity index (χ4v) is 4.02. The van der Waals surface area contributed by atoms with Crippen LogP contribution in [0.1, 0.15) is 72.8 Å². The van der Waals surface area contributed by atoms with E-state index in [2.05, 4.69) is 26.8 Å². The summed E-state index contributed by atoms with van der Waals surface area (Å²) in [5, 5.41) is 18.4. The van der Waals surface area contributed by atoms with Crippen molar-refractivity contribution in [2.24, 2.45) is 0 Å². The second-order valence-corrected chi connectivity index (χ2v) is 11.3. The molecule has 0 spiro atoms. The van der Waals surface area contributed by atoms with Crippen LogP contribution in [0.3, 0.4) is 0 Å². The molecular formula is C30H44N6O12. The molecule has 18 nitrogen and oxygen atoms in total. The van der Waals surface area contributed by atoms with Crippen LogP contribution in [0.4, 0.5) is 10.5 Å². The van der Waals surface area contributed by atoms with Gasteiger partial charge in [0.25, 0.3) is 11.6 Å². The summed E-state index contributed by atoms with van der Waals surface area (Å²) < 4.78 is 14.9. The average molecular weight is 681 g/mol. The first-order valence-corrected chi connectivity index (χ1v) is 15.2. The Morgan fingerprint density at radius 3 is 1.67 bits per heavy atom. The normalized spacial score (nSPS) is 12.6. The summed E-state index contributed by atoms with van der Waals surface area (Å²) in [5.41, 5.74) is 3.55. The highest BCUT2D eigenvalue weighted by atomic mass is 16.6. The first kappa shape index (κ1) is 40.7. The van der Waals surface area contributed by atoms with Gasteiger partial charge in [0.2, 0.25) is 17.7 Å². The number of nitro benzene ring substituents is 1. The summed E-state index contributed by atoms with van der Waals surface area (Å²) in [6, 6.07) is 1.13. The third-order valence-electron chi connectivity index (χ3n) is 6.12. The number of hydrogen-bond acceptors (Lipinski definition) is 12. The minimum atomic E-state index is -1.45. The lowest BCUT2D eigenvalue weighted by molar-refractivity contribution is -0.384. The Hall–Kier alpha value is -5.29. The zero-order valence-corrected chi connectivity index (χ0v) is 27.8. The molecule has 5 amide bonds. The van der Waals surface area contributed by atoms with E-state index >= 15 is 0 Å². The minimum Gasteiger partial charge on any atom is -0.466 e. The van der Waals surface area contributed by atoms with E-state index in [1.54, 1.807) is 34.6 Å². The molecule has 0 saturated heterocycles. The number of benzene rings is 1. The molecule has 48 heavy (non-hydrogen) atoms. The highest BCUT2D eigenvalue weighted by Gasteiger charge is 2.31. The predicted octanol–water partition coefficient (Wildman–Crippen LogP) is 0.854. The van der Waals surface area contributed by atoms with Crippen molar-refractivity contribution >= 4 is 47.3 Å². The van der Waals surface area contributed by atoms with Crippen LogP contribution in [0.2, 0.25) is 0 Å². The number of amides is 5. The van der Waals surface area contributed by atoms with Crippen LogP contribution in [0.5, 0.6) is 0 Å². The Morgan fingerprint density at radius 2 is 1.23 bits per heavy atom. The van der Waals surface area contributed by atoms with Gasteiger partial charge in [-0.2, -0.15) is 0 Å². The smallest absolute Gasteiger partial charge is 0.426 e. The number of non-ortho nitro benzene ring substituents is 1. The lowest BCUT2D eigenvalue weighted by Gasteiger charge is -2.25. The molecule has 0 radical (unpaired) electrons. The fraction of sp³-hybridized carbons (Fsp3) is 0.567. The Labute approximate surface area is 277 Å². The van der Waals surface area contributed by atoms with Gasteiger partial charge in [-0.15, -0.1) is 0 Å². The highest BCUT2D eigenvalue weighted by Crippen LogP contribution is 2.14. The van der Waals surface area contributed by atoms with Gasteiger partial charge in [0.05, 0.1) is 18.1 Å².